The molecule has 19 heavy (non-hydrogen) atoms. The zero-order chi connectivity index (χ0) is 13.9. The summed E-state index contributed by atoms with van der Waals surface area (Å²) in [6, 6.07) is 1.61. The van der Waals surface area contributed by atoms with Crippen molar-refractivity contribution in [3.05, 3.63) is 27.1 Å². The molecule has 0 saturated heterocycles. The van der Waals surface area contributed by atoms with Crippen LogP contribution in [0.2, 0.25) is 0 Å². The van der Waals surface area contributed by atoms with Gasteiger partial charge in [-0.2, -0.15) is 0 Å². The summed E-state index contributed by atoms with van der Waals surface area (Å²) in [5.74, 6) is 0.616. The summed E-state index contributed by atoms with van der Waals surface area (Å²) in [6.45, 7) is 2.92. The molecule has 1 fully saturated rings. The molecule has 2 rings (SSSR count). The second kappa shape index (κ2) is 5.98. The lowest BCUT2D eigenvalue weighted by Gasteiger charge is -2.39. The first-order valence-electron chi connectivity index (χ1n) is 6.62. The number of nitro groups is 1. The van der Waals surface area contributed by atoms with Crippen LogP contribution in [0.25, 0.3) is 0 Å². The van der Waals surface area contributed by atoms with E-state index < -0.39 is 0 Å². The number of hydrogen-bond donors (Lipinski definition) is 2. The minimum atomic E-state index is -0.362. The van der Waals surface area contributed by atoms with Gasteiger partial charge in [-0.05, 0) is 24.3 Å². The SMILES string of the molecule is CC1CCCC(CO)(NCc2csc([N+](=O)[O-])c2)C1. The Morgan fingerprint density at radius 2 is 2.47 bits per heavy atom. The van der Waals surface area contributed by atoms with Gasteiger partial charge in [0.25, 0.3) is 0 Å². The predicted octanol–water partition coefficient (Wildman–Crippen LogP) is 2.69. The first kappa shape index (κ1) is 14.4. The molecule has 0 spiro atoms. The van der Waals surface area contributed by atoms with Gasteiger partial charge in [0.1, 0.15) is 0 Å². The molecule has 1 aliphatic rings. The van der Waals surface area contributed by atoms with Crippen LogP contribution >= 0.6 is 11.3 Å². The van der Waals surface area contributed by atoms with Crippen molar-refractivity contribution in [1.29, 1.82) is 0 Å². The Morgan fingerprint density at radius 1 is 1.68 bits per heavy atom. The molecule has 1 aliphatic carbocycles. The maximum Gasteiger partial charge on any atom is 0.324 e. The Hall–Kier alpha value is -0.980. The van der Waals surface area contributed by atoms with E-state index in [2.05, 4.69) is 12.2 Å². The fraction of sp³-hybridized carbons (Fsp3) is 0.692. The van der Waals surface area contributed by atoms with E-state index in [1.807, 2.05) is 5.38 Å². The van der Waals surface area contributed by atoms with Crippen molar-refractivity contribution in [1.82, 2.24) is 5.32 Å². The molecule has 6 heteroatoms. The third-order valence-electron chi connectivity index (χ3n) is 3.88. The van der Waals surface area contributed by atoms with E-state index in [9.17, 15) is 15.2 Å². The molecule has 0 amide bonds. The molecule has 1 saturated carbocycles. The first-order valence-corrected chi connectivity index (χ1v) is 7.50. The zero-order valence-corrected chi connectivity index (χ0v) is 11.9. The van der Waals surface area contributed by atoms with Crippen LogP contribution in [0.15, 0.2) is 11.4 Å². The molecule has 0 bridgehead atoms. The lowest BCUT2D eigenvalue weighted by molar-refractivity contribution is -0.380. The third-order valence-corrected chi connectivity index (χ3v) is 4.81. The van der Waals surface area contributed by atoms with Gasteiger partial charge in [-0.25, -0.2) is 0 Å². The van der Waals surface area contributed by atoms with Crippen molar-refractivity contribution >= 4 is 16.3 Å². The van der Waals surface area contributed by atoms with Crippen LogP contribution in [0.3, 0.4) is 0 Å². The maximum absolute atomic E-state index is 10.6. The highest BCUT2D eigenvalue weighted by Gasteiger charge is 2.33. The van der Waals surface area contributed by atoms with Gasteiger partial charge >= 0.3 is 5.00 Å². The number of nitrogens with zero attached hydrogens (tertiary/aromatic N) is 1. The molecule has 106 valence electrons. The van der Waals surface area contributed by atoms with E-state index in [-0.39, 0.29) is 22.1 Å². The Bertz CT molecular complexity index is 449. The first-order chi connectivity index (χ1) is 9.04. The van der Waals surface area contributed by atoms with Gasteiger partial charge in [0.2, 0.25) is 0 Å². The molecule has 2 unspecified atom stereocenters. The monoisotopic (exact) mass is 284 g/mol. The molecule has 5 nitrogen and oxygen atoms in total. The van der Waals surface area contributed by atoms with Crippen molar-refractivity contribution in [3.8, 4) is 0 Å². The molecule has 1 heterocycles. The molecule has 0 aromatic carbocycles. The van der Waals surface area contributed by atoms with Gasteiger partial charge < -0.3 is 10.4 Å². The van der Waals surface area contributed by atoms with E-state index in [0.29, 0.717) is 12.5 Å². The van der Waals surface area contributed by atoms with Crippen LogP contribution in [0.5, 0.6) is 0 Å². The molecule has 1 aromatic heterocycles. The Morgan fingerprint density at radius 3 is 3.05 bits per heavy atom. The van der Waals surface area contributed by atoms with Crippen molar-refractivity contribution in [2.75, 3.05) is 6.61 Å². The van der Waals surface area contributed by atoms with Crippen LogP contribution < -0.4 is 5.32 Å². The van der Waals surface area contributed by atoms with Crippen molar-refractivity contribution in [2.24, 2.45) is 5.92 Å². The van der Waals surface area contributed by atoms with Crippen molar-refractivity contribution in [2.45, 2.75) is 44.7 Å². The molecular formula is C13H20N2O3S. The summed E-state index contributed by atoms with van der Waals surface area (Å²) in [6.07, 6.45) is 4.28. The normalized spacial score (nSPS) is 27.4. The summed E-state index contributed by atoms with van der Waals surface area (Å²) in [5.41, 5.74) is 0.705. The quantitative estimate of drug-likeness (QED) is 0.644. The predicted molar refractivity (Wildman–Crippen MR) is 75.3 cm³/mol. The van der Waals surface area contributed by atoms with Gasteiger partial charge in [0.05, 0.1) is 11.5 Å². The Kier molecular flexibility index (Phi) is 4.54. The number of aliphatic hydroxyl groups excluding tert-OH is 1. The summed E-state index contributed by atoms with van der Waals surface area (Å²) < 4.78 is 0. The molecular weight excluding hydrogens is 264 g/mol. The van der Waals surface area contributed by atoms with E-state index in [1.165, 1.54) is 6.42 Å². The Labute approximate surface area is 116 Å². The molecule has 2 N–H and O–H groups in total. The fourth-order valence-corrected chi connectivity index (χ4v) is 3.59. The number of aliphatic hydroxyl groups is 1. The standard InChI is InChI=1S/C13H20N2O3S/c1-10-3-2-4-13(6-10,9-16)14-7-11-5-12(15(17)18)19-8-11/h5,8,10,14,16H,2-4,6-7,9H2,1H3. The summed E-state index contributed by atoms with van der Waals surface area (Å²) >= 11 is 1.15. The molecule has 0 radical (unpaired) electrons. The van der Waals surface area contributed by atoms with E-state index in [0.717, 1.165) is 36.2 Å². The summed E-state index contributed by atoms with van der Waals surface area (Å²) in [4.78, 5) is 10.3. The highest BCUT2D eigenvalue weighted by atomic mass is 32.1. The van der Waals surface area contributed by atoms with E-state index in [4.69, 9.17) is 0 Å². The number of rotatable bonds is 5. The maximum atomic E-state index is 10.6. The van der Waals surface area contributed by atoms with Gasteiger partial charge in [-0.3, -0.25) is 10.1 Å². The molecule has 0 aliphatic heterocycles. The van der Waals surface area contributed by atoms with E-state index >= 15 is 0 Å². The van der Waals surface area contributed by atoms with Gasteiger partial charge in [-0.15, -0.1) is 0 Å². The second-order valence-electron chi connectivity index (χ2n) is 5.54. The van der Waals surface area contributed by atoms with Crippen LogP contribution in [0.1, 0.15) is 38.2 Å². The minimum Gasteiger partial charge on any atom is -0.394 e. The topological polar surface area (TPSA) is 75.4 Å². The van der Waals surface area contributed by atoms with Gasteiger partial charge in [0, 0.05) is 23.5 Å². The van der Waals surface area contributed by atoms with Gasteiger partial charge in [0.15, 0.2) is 0 Å². The molecule has 2 atom stereocenters. The zero-order valence-electron chi connectivity index (χ0n) is 11.1. The van der Waals surface area contributed by atoms with E-state index in [1.54, 1.807) is 6.07 Å². The third kappa shape index (κ3) is 3.52. The highest BCUT2D eigenvalue weighted by molar-refractivity contribution is 7.13. The summed E-state index contributed by atoms with van der Waals surface area (Å²) in [5, 5.41) is 25.7. The average molecular weight is 284 g/mol. The molecule has 1 aromatic rings. The van der Waals surface area contributed by atoms with Crippen LogP contribution in [0, 0.1) is 16.0 Å². The fourth-order valence-electron chi connectivity index (χ4n) is 2.86. The number of nitrogens with one attached hydrogen (secondary N) is 1. The number of hydrogen-bond acceptors (Lipinski definition) is 5. The van der Waals surface area contributed by atoms with Crippen LogP contribution in [-0.4, -0.2) is 22.2 Å². The van der Waals surface area contributed by atoms with Crippen molar-refractivity contribution < 1.29 is 10.0 Å². The lowest BCUT2D eigenvalue weighted by atomic mass is 9.77. The largest absolute Gasteiger partial charge is 0.394 e. The lowest BCUT2D eigenvalue weighted by Crippen LogP contribution is -2.51. The van der Waals surface area contributed by atoms with Crippen LogP contribution in [0.4, 0.5) is 5.00 Å². The summed E-state index contributed by atoms with van der Waals surface area (Å²) in [7, 11) is 0. The second-order valence-corrected chi connectivity index (χ2v) is 6.43. The number of thiophene rings is 1. The minimum absolute atomic E-state index is 0.129. The Balaban J connectivity index is 1.97. The highest BCUT2D eigenvalue weighted by Crippen LogP contribution is 2.32. The van der Waals surface area contributed by atoms with Crippen LogP contribution in [-0.2, 0) is 6.54 Å². The van der Waals surface area contributed by atoms with Crippen molar-refractivity contribution in [3.63, 3.8) is 0 Å². The van der Waals surface area contributed by atoms with Gasteiger partial charge in [-0.1, -0.05) is 31.1 Å². The smallest absolute Gasteiger partial charge is 0.324 e. The average Bonchev–Trinajstić information content (AvgIpc) is 2.85.